The molecule has 2 aromatic heterocycles. The van der Waals surface area contributed by atoms with Crippen molar-refractivity contribution in [2.45, 2.75) is 6.54 Å². The first kappa shape index (κ1) is 9.86. The van der Waals surface area contributed by atoms with Crippen LogP contribution in [0.4, 0.5) is 5.95 Å². The van der Waals surface area contributed by atoms with Crippen LogP contribution < -0.4 is 5.32 Å². The third-order valence-electron chi connectivity index (χ3n) is 1.82. The minimum absolute atomic E-state index is 0.532. The molecule has 76 valence electrons. The van der Waals surface area contributed by atoms with Crippen LogP contribution in [0, 0.1) is 0 Å². The van der Waals surface area contributed by atoms with Gasteiger partial charge in [0.2, 0.25) is 5.95 Å². The van der Waals surface area contributed by atoms with E-state index in [9.17, 15) is 0 Å². The van der Waals surface area contributed by atoms with Crippen LogP contribution in [0.3, 0.4) is 0 Å². The Morgan fingerprint density at radius 3 is 2.47 bits per heavy atom. The maximum absolute atomic E-state index is 5.67. The van der Waals surface area contributed by atoms with Crippen molar-refractivity contribution in [1.29, 1.82) is 0 Å². The fraction of sp³-hybridized carbons (Fsp3) is 0.100. The summed E-state index contributed by atoms with van der Waals surface area (Å²) in [6, 6.07) is 3.87. The number of aromatic nitrogens is 3. The SMILES string of the molecule is Clc1cnc(NCc2ccncc2)nc1. The fourth-order valence-corrected chi connectivity index (χ4v) is 1.18. The van der Waals surface area contributed by atoms with Crippen LogP contribution in [0.1, 0.15) is 5.56 Å². The highest BCUT2D eigenvalue weighted by atomic mass is 35.5. The summed E-state index contributed by atoms with van der Waals surface area (Å²) in [5, 5.41) is 3.61. The summed E-state index contributed by atoms with van der Waals surface area (Å²) in [4.78, 5) is 12.0. The molecule has 5 heteroatoms. The van der Waals surface area contributed by atoms with E-state index in [0.29, 0.717) is 17.5 Å². The third kappa shape index (κ3) is 2.89. The predicted octanol–water partition coefficient (Wildman–Crippen LogP) is 2.14. The first-order chi connectivity index (χ1) is 7.34. The molecule has 0 saturated heterocycles. The van der Waals surface area contributed by atoms with Crippen LogP contribution >= 0.6 is 11.6 Å². The lowest BCUT2D eigenvalue weighted by atomic mass is 10.3. The van der Waals surface area contributed by atoms with Gasteiger partial charge in [-0.05, 0) is 17.7 Å². The molecule has 0 saturated carbocycles. The lowest BCUT2D eigenvalue weighted by Gasteiger charge is -2.03. The molecule has 0 unspecified atom stereocenters. The molecule has 2 rings (SSSR count). The number of nitrogens with zero attached hydrogens (tertiary/aromatic N) is 3. The number of hydrogen-bond acceptors (Lipinski definition) is 4. The van der Waals surface area contributed by atoms with E-state index in [1.165, 1.54) is 0 Å². The van der Waals surface area contributed by atoms with Crippen molar-refractivity contribution in [3.63, 3.8) is 0 Å². The normalized spacial score (nSPS) is 9.93. The third-order valence-corrected chi connectivity index (χ3v) is 2.02. The van der Waals surface area contributed by atoms with Crippen molar-refractivity contribution in [2.24, 2.45) is 0 Å². The molecular formula is C10H9ClN4. The van der Waals surface area contributed by atoms with Crippen molar-refractivity contribution < 1.29 is 0 Å². The molecule has 0 aliphatic rings. The average molecular weight is 221 g/mol. The summed E-state index contributed by atoms with van der Waals surface area (Å²) in [7, 11) is 0. The van der Waals surface area contributed by atoms with E-state index in [2.05, 4.69) is 20.3 Å². The van der Waals surface area contributed by atoms with Crippen LogP contribution in [0.5, 0.6) is 0 Å². The largest absolute Gasteiger partial charge is 0.350 e. The number of hydrogen-bond donors (Lipinski definition) is 1. The zero-order chi connectivity index (χ0) is 10.5. The molecule has 0 radical (unpaired) electrons. The van der Waals surface area contributed by atoms with Gasteiger partial charge in [0.25, 0.3) is 0 Å². The van der Waals surface area contributed by atoms with Crippen molar-refractivity contribution in [2.75, 3.05) is 5.32 Å². The molecule has 2 heterocycles. The molecule has 0 aliphatic heterocycles. The van der Waals surface area contributed by atoms with Gasteiger partial charge in [0, 0.05) is 18.9 Å². The van der Waals surface area contributed by atoms with E-state index < -0.39 is 0 Å². The topological polar surface area (TPSA) is 50.7 Å². The first-order valence-electron chi connectivity index (χ1n) is 4.45. The molecule has 0 fully saturated rings. The second-order valence-corrected chi connectivity index (χ2v) is 3.37. The second-order valence-electron chi connectivity index (χ2n) is 2.93. The zero-order valence-corrected chi connectivity index (χ0v) is 8.65. The minimum Gasteiger partial charge on any atom is -0.350 e. The highest BCUT2D eigenvalue weighted by Crippen LogP contribution is 2.06. The number of rotatable bonds is 3. The molecule has 0 spiro atoms. The van der Waals surface area contributed by atoms with Gasteiger partial charge in [-0.3, -0.25) is 4.98 Å². The van der Waals surface area contributed by atoms with Gasteiger partial charge in [-0.25, -0.2) is 9.97 Å². The lowest BCUT2D eigenvalue weighted by Crippen LogP contribution is -2.02. The molecule has 0 atom stereocenters. The Kier molecular flexibility index (Phi) is 3.09. The van der Waals surface area contributed by atoms with Gasteiger partial charge in [0.05, 0.1) is 17.4 Å². The lowest BCUT2D eigenvalue weighted by molar-refractivity contribution is 1.05. The summed E-state index contributed by atoms with van der Waals surface area (Å²) in [6.07, 6.45) is 6.62. The monoisotopic (exact) mass is 220 g/mol. The molecule has 0 amide bonds. The quantitative estimate of drug-likeness (QED) is 0.861. The van der Waals surface area contributed by atoms with Crippen LogP contribution in [-0.4, -0.2) is 15.0 Å². The predicted molar refractivity (Wildman–Crippen MR) is 58.6 cm³/mol. The first-order valence-corrected chi connectivity index (χ1v) is 4.83. The highest BCUT2D eigenvalue weighted by molar-refractivity contribution is 6.30. The molecule has 4 nitrogen and oxygen atoms in total. The Morgan fingerprint density at radius 1 is 1.13 bits per heavy atom. The maximum Gasteiger partial charge on any atom is 0.222 e. The van der Waals surface area contributed by atoms with Gasteiger partial charge >= 0.3 is 0 Å². The second kappa shape index (κ2) is 4.70. The average Bonchev–Trinajstić information content (AvgIpc) is 2.30. The highest BCUT2D eigenvalue weighted by Gasteiger charge is 1.95. The van der Waals surface area contributed by atoms with Crippen molar-refractivity contribution in [1.82, 2.24) is 15.0 Å². The molecular weight excluding hydrogens is 212 g/mol. The Bertz CT molecular complexity index is 415. The van der Waals surface area contributed by atoms with E-state index in [-0.39, 0.29) is 0 Å². The summed E-state index contributed by atoms with van der Waals surface area (Å²) in [5.41, 5.74) is 1.13. The van der Waals surface area contributed by atoms with Crippen LogP contribution in [0.15, 0.2) is 36.9 Å². The van der Waals surface area contributed by atoms with E-state index in [1.54, 1.807) is 24.8 Å². The summed E-state index contributed by atoms with van der Waals surface area (Å²) in [5.74, 6) is 0.566. The van der Waals surface area contributed by atoms with Crippen molar-refractivity contribution >= 4 is 17.5 Å². The molecule has 0 aliphatic carbocycles. The molecule has 1 N–H and O–H groups in total. The van der Waals surface area contributed by atoms with Crippen LogP contribution in [0.25, 0.3) is 0 Å². The number of pyridine rings is 1. The van der Waals surface area contributed by atoms with Crippen molar-refractivity contribution in [3.8, 4) is 0 Å². The zero-order valence-electron chi connectivity index (χ0n) is 7.89. The molecule has 0 bridgehead atoms. The maximum atomic E-state index is 5.67. The number of halogens is 1. The van der Waals surface area contributed by atoms with Gasteiger partial charge < -0.3 is 5.32 Å². The van der Waals surface area contributed by atoms with E-state index >= 15 is 0 Å². The van der Waals surface area contributed by atoms with Gasteiger partial charge in [-0.2, -0.15) is 0 Å². The summed E-state index contributed by atoms with van der Waals surface area (Å²) >= 11 is 5.67. The summed E-state index contributed by atoms with van der Waals surface area (Å²) in [6.45, 7) is 0.671. The van der Waals surface area contributed by atoms with Gasteiger partial charge in [0.15, 0.2) is 0 Å². The van der Waals surface area contributed by atoms with Gasteiger partial charge in [0.1, 0.15) is 0 Å². The number of anilines is 1. The van der Waals surface area contributed by atoms with Gasteiger partial charge in [-0.1, -0.05) is 11.6 Å². The van der Waals surface area contributed by atoms with E-state index in [0.717, 1.165) is 5.56 Å². The Balaban J connectivity index is 1.96. The molecule has 0 aromatic carbocycles. The van der Waals surface area contributed by atoms with E-state index in [1.807, 2.05) is 12.1 Å². The molecule has 2 aromatic rings. The number of nitrogens with one attached hydrogen (secondary N) is 1. The van der Waals surface area contributed by atoms with Crippen LogP contribution in [0.2, 0.25) is 5.02 Å². The Labute approximate surface area is 92.4 Å². The molecule has 15 heavy (non-hydrogen) atoms. The summed E-state index contributed by atoms with van der Waals surface area (Å²) < 4.78 is 0. The fourth-order valence-electron chi connectivity index (χ4n) is 1.09. The Hall–Kier alpha value is -1.68. The van der Waals surface area contributed by atoms with Crippen LogP contribution in [-0.2, 0) is 6.54 Å². The standard InChI is InChI=1S/C10H9ClN4/c11-9-6-14-10(15-7-9)13-5-8-1-3-12-4-2-8/h1-4,6-7H,5H2,(H,13,14,15). The van der Waals surface area contributed by atoms with Gasteiger partial charge in [-0.15, -0.1) is 0 Å². The smallest absolute Gasteiger partial charge is 0.222 e. The Morgan fingerprint density at radius 2 is 1.80 bits per heavy atom. The minimum atomic E-state index is 0.532. The van der Waals surface area contributed by atoms with E-state index in [4.69, 9.17) is 11.6 Å². The van der Waals surface area contributed by atoms with Crippen molar-refractivity contribution in [3.05, 3.63) is 47.5 Å².